The Kier molecular flexibility index (Phi) is 5.54. The van der Waals surface area contributed by atoms with Crippen LogP contribution in [0.3, 0.4) is 0 Å². The van der Waals surface area contributed by atoms with Gasteiger partial charge in [0.2, 0.25) is 0 Å². The van der Waals surface area contributed by atoms with E-state index in [9.17, 15) is 5.26 Å². The number of piperidine rings is 1. The summed E-state index contributed by atoms with van der Waals surface area (Å²) in [7, 11) is 1.68. The van der Waals surface area contributed by atoms with Crippen LogP contribution in [0.4, 0.5) is 0 Å². The monoisotopic (exact) mass is 273 g/mol. The quantitative estimate of drug-likeness (QED) is 0.803. The fraction of sp³-hybridized carbons (Fsp3) is 0.562. The molecule has 4 heteroatoms. The van der Waals surface area contributed by atoms with E-state index in [1.807, 2.05) is 6.07 Å². The Morgan fingerprint density at radius 1 is 1.30 bits per heavy atom. The molecule has 0 bridgehead atoms. The lowest BCUT2D eigenvalue weighted by molar-refractivity contribution is 0.144. The van der Waals surface area contributed by atoms with Gasteiger partial charge in [0.25, 0.3) is 0 Å². The summed E-state index contributed by atoms with van der Waals surface area (Å²) in [6, 6.07) is 13.0. The van der Waals surface area contributed by atoms with Crippen molar-refractivity contribution in [2.45, 2.75) is 24.9 Å². The third kappa shape index (κ3) is 4.04. The van der Waals surface area contributed by atoms with Crippen LogP contribution in [0.25, 0.3) is 0 Å². The van der Waals surface area contributed by atoms with Crippen LogP contribution in [0, 0.1) is 11.3 Å². The lowest BCUT2D eigenvalue weighted by atomic mass is 9.88. The van der Waals surface area contributed by atoms with Crippen molar-refractivity contribution in [1.29, 1.82) is 5.26 Å². The Morgan fingerprint density at radius 3 is 2.60 bits per heavy atom. The van der Waals surface area contributed by atoms with Crippen molar-refractivity contribution in [3.05, 3.63) is 35.9 Å². The van der Waals surface area contributed by atoms with E-state index in [0.29, 0.717) is 6.61 Å². The van der Waals surface area contributed by atoms with Crippen molar-refractivity contribution < 1.29 is 4.74 Å². The van der Waals surface area contributed by atoms with Crippen LogP contribution in [-0.2, 0) is 11.3 Å². The molecule has 4 nitrogen and oxygen atoms in total. The average Bonchev–Trinajstić information content (AvgIpc) is 2.51. The Hall–Kier alpha value is -1.41. The zero-order chi connectivity index (χ0) is 14.3. The van der Waals surface area contributed by atoms with E-state index in [1.165, 1.54) is 5.56 Å². The predicted molar refractivity (Wildman–Crippen MR) is 79.2 cm³/mol. The van der Waals surface area contributed by atoms with Gasteiger partial charge in [0.05, 0.1) is 12.7 Å². The molecule has 20 heavy (non-hydrogen) atoms. The second kappa shape index (κ2) is 7.39. The molecular formula is C16H23N3O. The van der Waals surface area contributed by atoms with Gasteiger partial charge in [-0.05, 0) is 18.4 Å². The molecular weight excluding hydrogens is 250 g/mol. The Balaban J connectivity index is 1.83. The first kappa shape index (κ1) is 15.0. The third-order valence-electron chi connectivity index (χ3n) is 3.94. The number of benzene rings is 1. The largest absolute Gasteiger partial charge is 0.383 e. The lowest BCUT2D eigenvalue weighted by Gasteiger charge is -2.38. The average molecular weight is 273 g/mol. The molecule has 0 amide bonds. The molecule has 1 aliphatic rings. The molecule has 108 valence electrons. The Morgan fingerprint density at radius 2 is 2.00 bits per heavy atom. The van der Waals surface area contributed by atoms with Crippen LogP contribution in [-0.4, -0.2) is 43.8 Å². The van der Waals surface area contributed by atoms with E-state index in [-0.39, 0.29) is 5.54 Å². The van der Waals surface area contributed by atoms with E-state index in [2.05, 4.69) is 40.6 Å². The molecule has 1 aromatic rings. The van der Waals surface area contributed by atoms with Crippen LogP contribution < -0.4 is 5.32 Å². The van der Waals surface area contributed by atoms with Crippen molar-refractivity contribution in [2.24, 2.45) is 0 Å². The number of hydrogen-bond acceptors (Lipinski definition) is 4. The molecule has 1 fully saturated rings. The molecule has 1 aliphatic heterocycles. The first-order chi connectivity index (χ1) is 9.78. The molecule has 0 radical (unpaired) electrons. The minimum atomic E-state index is -0.369. The van der Waals surface area contributed by atoms with Crippen molar-refractivity contribution in [3.63, 3.8) is 0 Å². The van der Waals surface area contributed by atoms with E-state index >= 15 is 0 Å². The number of rotatable bonds is 6. The summed E-state index contributed by atoms with van der Waals surface area (Å²) in [5.74, 6) is 0. The second-order valence-corrected chi connectivity index (χ2v) is 5.38. The van der Waals surface area contributed by atoms with E-state index in [1.54, 1.807) is 7.11 Å². The molecule has 1 aromatic carbocycles. The predicted octanol–water partition coefficient (Wildman–Crippen LogP) is 1.78. The number of hydrogen-bond donors (Lipinski definition) is 1. The van der Waals surface area contributed by atoms with Crippen LogP contribution >= 0.6 is 0 Å². The highest BCUT2D eigenvalue weighted by Gasteiger charge is 2.33. The van der Waals surface area contributed by atoms with Gasteiger partial charge in [0.15, 0.2) is 0 Å². The van der Waals surface area contributed by atoms with E-state index < -0.39 is 0 Å². The van der Waals surface area contributed by atoms with Gasteiger partial charge in [-0.2, -0.15) is 5.26 Å². The van der Waals surface area contributed by atoms with E-state index in [0.717, 1.165) is 39.0 Å². The zero-order valence-corrected chi connectivity index (χ0v) is 12.1. The molecule has 1 heterocycles. The number of likely N-dealkylation sites (tertiary alicyclic amines) is 1. The molecule has 2 rings (SSSR count). The summed E-state index contributed by atoms with van der Waals surface area (Å²) >= 11 is 0. The summed E-state index contributed by atoms with van der Waals surface area (Å²) in [6.45, 7) is 4.28. The highest BCUT2D eigenvalue weighted by molar-refractivity contribution is 5.15. The van der Waals surface area contributed by atoms with Gasteiger partial charge >= 0.3 is 0 Å². The van der Waals surface area contributed by atoms with Gasteiger partial charge < -0.3 is 4.74 Å². The number of nitrogens with zero attached hydrogens (tertiary/aromatic N) is 2. The molecule has 0 spiro atoms. The maximum atomic E-state index is 9.45. The standard InChI is InChI=1S/C16H23N3O/c1-20-12-9-18-16(14-17)7-10-19(11-8-16)13-15-5-3-2-4-6-15/h2-6,18H,7-13H2,1H3. The fourth-order valence-electron chi connectivity index (χ4n) is 2.65. The molecule has 0 unspecified atom stereocenters. The summed E-state index contributed by atoms with van der Waals surface area (Å²) < 4.78 is 5.04. The van der Waals surface area contributed by atoms with Gasteiger partial charge in [-0.15, -0.1) is 0 Å². The molecule has 1 saturated heterocycles. The highest BCUT2D eigenvalue weighted by atomic mass is 16.5. The first-order valence-electron chi connectivity index (χ1n) is 7.19. The number of nitrogens with one attached hydrogen (secondary N) is 1. The normalized spacial score (nSPS) is 18.6. The number of methoxy groups -OCH3 is 1. The maximum absolute atomic E-state index is 9.45. The fourth-order valence-corrected chi connectivity index (χ4v) is 2.65. The molecule has 0 atom stereocenters. The minimum Gasteiger partial charge on any atom is -0.383 e. The highest BCUT2D eigenvalue weighted by Crippen LogP contribution is 2.22. The molecule has 0 aromatic heterocycles. The molecule has 1 N–H and O–H groups in total. The first-order valence-corrected chi connectivity index (χ1v) is 7.19. The van der Waals surface area contributed by atoms with Crippen molar-refractivity contribution in [1.82, 2.24) is 10.2 Å². The molecule has 0 aliphatic carbocycles. The van der Waals surface area contributed by atoms with Crippen LogP contribution in [0.2, 0.25) is 0 Å². The van der Waals surface area contributed by atoms with Crippen LogP contribution in [0.5, 0.6) is 0 Å². The zero-order valence-electron chi connectivity index (χ0n) is 12.1. The number of nitriles is 1. The smallest absolute Gasteiger partial charge is 0.109 e. The van der Waals surface area contributed by atoms with Crippen LogP contribution in [0.1, 0.15) is 18.4 Å². The number of ether oxygens (including phenoxy) is 1. The third-order valence-corrected chi connectivity index (χ3v) is 3.94. The van der Waals surface area contributed by atoms with Gasteiger partial charge in [-0.3, -0.25) is 10.2 Å². The Bertz CT molecular complexity index is 433. The van der Waals surface area contributed by atoms with Gasteiger partial charge in [0, 0.05) is 33.3 Å². The van der Waals surface area contributed by atoms with Crippen molar-refractivity contribution in [2.75, 3.05) is 33.4 Å². The summed E-state index contributed by atoms with van der Waals surface area (Å²) in [6.07, 6.45) is 1.75. The van der Waals surface area contributed by atoms with Crippen molar-refractivity contribution in [3.8, 4) is 6.07 Å². The Labute approximate surface area is 121 Å². The van der Waals surface area contributed by atoms with Gasteiger partial charge in [-0.25, -0.2) is 0 Å². The second-order valence-electron chi connectivity index (χ2n) is 5.38. The summed E-state index contributed by atoms with van der Waals surface area (Å²) in [4.78, 5) is 2.42. The molecule has 0 saturated carbocycles. The summed E-state index contributed by atoms with van der Waals surface area (Å²) in [5, 5.41) is 12.8. The van der Waals surface area contributed by atoms with Gasteiger partial charge in [-0.1, -0.05) is 30.3 Å². The van der Waals surface area contributed by atoms with Crippen molar-refractivity contribution >= 4 is 0 Å². The topological polar surface area (TPSA) is 48.3 Å². The minimum absolute atomic E-state index is 0.369. The summed E-state index contributed by atoms with van der Waals surface area (Å²) in [5.41, 5.74) is 0.968. The lowest BCUT2D eigenvalue weighted by Crippen LogP contribution is -2.53. The van der Waals surface area contributed by atoms with Gasteiger partial charge in [0.1, 0.15) is 5.54 Å². The van der Waals surface area contributed by atoms with Crippen LogP contribution in [0.15, 0.2) is 30.3 Å². The SMILES string of the molecule is COCCNC1(C#N)CCN(Cc2ccccc2)CC1. The maximum Gasteiger partial charge on any atom is 0.109 e. The van der Waals surface area contributed by atoms with E-state index in [4.69, 9.17) is 4.74 Å².